The SMILES string of the molecule is CCCCCCCCOC1(CC(=O)O)CNC1. The van der Waals surface area contributed by atoms with E-state index < -0.39 is 11.6 Å². The van der Waals surface area contributed by atoms with Crippen molar-refractivity contribution in [2.75, 3.05) is 19.7 Å². The quantitative estimate of drug-likeness (QED) is 0.577. The van der Waals surface area contributed by atoms with Crippen LogP contribution in [-0.2, 0) is 9.53 Å². The molecule has 0 bridgehead atoms. The van der Waals surface area contributed by atoms with Crippen molar-refractivity contribution in [3.05, 3.63) is 0 Å². The summed E-state index contributed by atoms with van der Waals surface area (Å²) < 4.78 is 5.74. The van der Waals surface area contributed by atoms with Crippen molar-refractivity contribution in [1.82, 2.24) is 5.32 Å². The zero-order valence-electron chi connectivity index (χ0n) is 10.8. The summed E-state index contributed by atoms with van der Waals surface area (Å²) in [4.78, 5) is 10.7. The Balaban J connectivity index is 2.02. The molecular weight excluding hydrogens is 218 g/mol. The van der Waals surface area contributed by atoms with E-state index in [9.17, 15) is 4.79 Å². The van der Waals surface area contributed by atoms with Crippen LogP contribution in [0.5, 0.6) is 0 Å². The molecule has 0 atom stereocenters. The van der Waals surface area contributed by atoms with E-state index in [-0.39, 0.29) is 6.42 Å². The molecule has 0 aromatic heterocycles. The van der Waals surface area contributed by atoms with E-state index in [4.69, 9.17) is 9.84 Å². The van der Waals surface area contributed by atoms with Crippen LogP contribution in [0.15, 0.2) is 0 Å². The van der Waals surface area contributed by atoms with Crippen LogP contribution in [0.1, 0.15) is 51.9 Å². The summed E-state index contributed by atoms with van der Waals surface area (Å²) >= 11 is 0. The van der Waals surface area contributed by atoms with Crippen LogP contribution in [0.4, 0.5) is 0 Å². The van der Waals surface area contributed by atoms with Crippen molar-refractivity contribution < 1.29 is 14.6 Å². The van der Waals surface area contributed by atoms with Crippen molar-refractivity contribution in [2.45, 2.75) is 57.5 Å². The second kappa shape index (κ2) is 7.67. The first kappa shape index (κ1) is 14.5. The zero-order valence-corrected chi connectivity index (χ0v) is 10.8. The molecular formula is C13H25NO3. The van der Waals surface area contributed by atoms with Crippen LogP contribution >= 0.6 is 0 Å². The van der Waals surface area contributed by atoms with Gasteiger partial charge in [-0.05, 0) is 6.42 Å². The first-order chi connectivity index (χ1) is 8.18. The molecule has 1 rings (SSSR count). The fraction of sp³-hybridized carbons (Fsp3) is 0.923. The molecule has 1 aliphatic heterocycles. The van der Waals surface area contributed by atoms with E-state index >= 15 is 0 Å². The standard InChI is InChI=1S/C13H25NO3/c1-2-3-4-5-6-7-8-17-13(9-12(15)16)10-14-11-13/h14H,2-11H2,1H3,(H,15,16). The topological polar surface area (TPSA) is 58.6 Å². The minimum atomic E-state index is -0.769. The molecule has 0 unspecified atom stereocenters. The van der Waals surface area contributed by atoms with Gasteiger partial charge in [0, 0.05) is 19.7 Å². The lowest BCUT2D eigenvalue weighted by atomic mass is 9.93. The largest absolute Gasteiger partial charge is 0.481 e. The van der Waals surface area contributed by atoms with Crippen molar-refractivity contribution in [2.24, 2.45) is 0 Å². The van der Waals surface area contributed by atoms with Crippen LogP contribution in [0.2, 0.25) is 0 Å². The molecule has 0 amide bonds. The van der Waals surface area contributed by atoms with Crippen molar-refractivity contribution in [1.29, 1.82) is 0 Å². The number of hydrogen-bond donors (Lipinski definition) is 2. The Labute approximate surface area is 104 Å². The molecule has 17 heavy (non-hydrogen) atoms. The van der Waals surface area contributed by atoms with Crippen LogP contribution in [0, 0.1) is 0 Å². The number of rotatable bonds is 10. The Bertz CT molecular complexity index is 227. The fourth-order valence-corrected chi connectivity index (χ4v) is 2.13. The third kappa shape index (κ3) is 5.50. The highest BCUT2D eigenvalue weighted by Crippen LogP contribution is 2.21. The number of hydrogen-bond acceptors (Lipinski definition) is 3. The van der Waals surface area contributed by atoms with Crippen LogP contribution in [0.3, 0.4) is 0 Å². The maximum Gasteiger partial charge on any atom is 0.306 e. The lowest BCUT2D eigenvalue weighted by Gasteiger charge is -2.41. The average molecular weight is 243 g/mol. The van der Waals surface area contributed by atoms with E-state index in [1.165, 1.54) is 32.1 Å². The highest BCUT2D eigenvalue weighted by atomic mass is 16.5. The minimum Gasteiger partial charge on any atom is -0.481 e. The Morgan fingerprint density at radius 1 is 1.24 bits per heavy atom. The van der Waals surface area contributed by atoms with Gasteiger partial charge in [0.25, 0.3) is 0 Å². The van der Waals surface area contributed by atoms with Gasteiger partial charge in [0.15, 0.2) is 0 Å². The third-order valence-electron chi connectivity index (χ3n) is 3.27. The van der Waals surface area contributed by atoms with Gasteiger partial charge in [0.1, 0.15) is 5.60 Å². The van der Waals surface area contributed by atoms with Crippen molar-refractivity contribution in [3.63, 3.8) is 0 Å². The molecule has 0 aliphatic carbocycles. The van der Waals surface area contributed by atoms with Gasteiger partial charge in [-0.25, -0.2) is 0 Å². The Morgan fingerprint density at radius 3 is 2.41 bits per heavy atom. The van der Waals surface area contributed by atoms with Crippen LogP contribution < -0.4 is 5.32 Å². The van der Waals surface area contributed by atoms with E-state index in [2.05, 4.69) is 12.2 Å². The van der Waals surface area contributed by atoms with Crippen LogP contribution in [-0.4, -0.2) is 36.4 Å². The smallest absolute Gasteiger partial charge is 0.306 e. The molecule has 100 valence electrons. The van der Waals surface area contributed by atoms with E-state index in [1.54, 1.807) is 0 Å². The third-order valence-corrected chi connectivity index (χ3v) is 3.27. The zero-order chi connectivity index (χ0) is 12.6. The number of unbranched alkanes of at least 4 members (excludes halogenated alkanes) is 5. The molecule has 0 spiro atoms. The number of carboxylic acids is 1. The van der Waals surface area contributed by atoms with E-state index in [1.807, 2.05) is 0 Å². The lowest BCUT2D eigenvalue weighted by Crippen LogP contribution is -2.62. The van der Waals surface area contributed by atoms with Gasteiger partial charge in [-0.3, -0.25) is 4.79 Å². The lowest BCUT2D eigenvalue weighted by molar-refractivity contribution is -0.150. The molecule has 1 heterocycles. The van der Waals surface area contributed by atoms with E-state index in [0.717, 1.165) is 6.42 Å². The highest BCUT2D eigenvalue weighted by molar-refractivity contribution is 5.68. The number of carboxylic acid groups (broad SMARTS) is 1. The summed E-state index contributed by atoms with van der Waals surface area (Å²) in [6.45, 7) is 4.26. The summed E-state index contributed by atoms with van der Waals surface area (Å²) in [7, 11) is 0. The Kier molecular flexibility index (Phi) is 6.52. The van der Waals surface area contributed by atoms with Gasteiger partial charge in [-0.2, -0.15) is 0 Å². The first-order valence-electron chi connectivity index (χ1n) is 6.75. The molecule has 1 aliphatic rings. The maximum atomic E-state index is 10.7. The van der Waals surface area contributed by atoms with Crippen molar-refractivity contribution >= 4 is 5.97 Å². The number of aliphatic carboxylic acids is 1. The van der Waals surface area contributed by atoms with Gasteiger partial charge in [-0.1, -0.05) is 39.0 Å². The summed E-state index contributed by atoms with van der Waals surface area (Å²) in [5.41, 5.74) is -0.421. The summed E-state index contributed by atoms with van der Waals surface area (Å²) in [6, 6.07) is 0. The summed E-state index contributed by atoms with van der Waals surface area (Å²) in [5, 5.41) is 11.9. The molecule has 2 N–H and O–H groups in total. The second-order valence-corrected chi connectivity index (χ2v) is 4.97. The first-order valence-corrected chi connectivity index (χ1v) is 6.75. The molecule has 0 saturated carbocycles. The fourth-order valence-electron chi connectivity index (χ4n) is 2.13. The molecule has 1 saturated heterocycles. The van der Waals surface area contributed by atoms with Gasteiger partial charge in [0.05, 0.1) is 6.42 Å². The monoisotopic (exact) mass is 243 g/mol. The molecule has 4 heteroatoms. The number of nitrogens with one attached hydrogen (secondary N) is 1. The van der Waals surface area contributed by atoms with Gasteiger partial charge in [-0.15, -0.1) is 0 Å². The molecule has 4 nitrogen and oxygen atoms in total. The molecule has 1 fully saturated rings. The average Bonchev–Trinajstić information content (AvgIpc) is 2.23. The van der Waals surface area contributed by atoms with E-state index in [0.29, 0.717) is 19.7 Å². The molecule has 0 radical (unpaired) electrons. The number of ether oxygens (including phenoxy) is 1. The van der Waals surface area contributed by atoms with Crippen molar-refractivity contribution in [3.8, 4) is 0 Å². The second-order valence-electron chi connectivity index (χ2n) is 4.97. The Hall–Kier alpha value is -0.610. The molecule has 0 aromatic carbocycles. The maximum absolute atomic E-state index is 10.7. The number of carbonyl (C=O) groups is 1. The molecule has 0 aromatic rings. The Morgan fingerprint density at radius 2 is 1.88 bits per heavy atom. The van der Waals surface area contributed by atoms with Gasteiger partial charge < -0.3 is 15.2 Å². The van der Waals surface area contributed by atoms with Gasteiger partial charge in [0.2, 0.25) is 0 Å². The minimum absolute atomic E-state index is 0.121. The predicted octanol–water partition coefficient (Wildman–Crippen LogP) is 2.18. The predicted molar refractivity (Wildman–Crippen MR) is 67.2 cm³/mol. The summed E-state index contributed by atoms with van der Waals surface area (Å²) in [6.07, 6.45) is 7.51. The van der Waals surface area contributed by atoms with Crippen LogP contribution in [0.25, 0.3) is 0 Å². The highest BCUT2D eigenvalue weighted by Gasteiger charge is 2.39. The van der Waals surface area contributed by atoms with Gasteiger partial charge >= 0.3 is 5.97 Å². The normalized spacial score (nSPS) is 17.7. The summed E-state index contributed by atoms with van der Waals surface area (Å²) in [5.74, 6) is -0.769.